The zero-order valence-electron chi connectivity index (χ0n) is 7.64. The van der Waals surface area contributed by atoms with E-state index in [1.807, 2.05) is 0 Å². The van der Waals surface area contributed by atoms with Gasteiger partial charge in [0.05, 0.1) is 6.61 Å². The van der Waals surface area contributed by atoms with Gasteiger partial charge in [-0.05, 0) is 6.42 Å². The summed E-state index contributed by atoms with van der Waals surface area (Å²) < 4.78 is 4.80. The first-order valence-electron chi connectivity index (χ1n) is 4.52. The van der Waals surface area contributed by atoms with Crippen LogP contribution in [0.25, 0.3) is 0 Å². The van der Waals surface area contributed by atoms with Crippen molar-refractivity contribution in [2.24, 2.45) is 0 Å². The second-order valence-corrected chi connectivity index (χ2v) is 3.04. The highest BCUT2D eigenvalue weighted by atomic mass is 35.5. The molecule has 0 aromatic heterocycles. The van der Waals surface area contributed by atoms with Gasteiger partial charge in [-0.3, -0.25) is 4.79 Å². The minimum absolute atomic E-state index is 0.0328. The Kier molecular flexibility index (Phi) is 8.68. The molecule has 0 aromatic carbocycles. The number of unbranched alkanes of at least 4 members (excludes halogenated alkanes) is 4. The summed E-state index contributed by atoms with van der Waals surface area (Å²) in [5.41, 5.74) is 0. The van der Waals surface area contributed by atoms with Crippen LogP contribution < -0.4 is 0 Å². The lowest BCUT2D eigenvalue weighted by Crippen LogP contribution is -2.06. The molecule has 0 bridgehead atoms. The maximum absolute atomic E-state index is 10.5. The normalized spacial score (nSPS) is 9.83. The third-order valence-electron chi connectivity index (χ3n) is 1.62. The molecule has 72 valence electrons. The maximum atomic E-state index is 10.5. The van der Waals surface area contributed by atoms with E-state index in [1.165, 1.54) is 19.3 Å². The van der Waals surface area contributed by atoms with Gasteiger partial charge in [-0.2, -0.15) is 0 Å². The largest absolute Gasteiger partial charge is 0.465 e. The number of esters is 1. The van der Waals surface area contributed by atoms with Gasteiger partial charge >= 0.3 is 5.97 Å². The Morgan fingerprint density at radius 2 is 1.92 bits per heavy atom. The predicted octanol–water partition coefficient (Wildman–Crippen LogP) is 2.74. The van der Waals surface area contributed by atoms with Gasteiger partial charge in [0.1, 0.15) is 5.88 Å². The average Bonchev–Trinajstić information content (AvgIpc) is 2.10. The van der Waals surface area contributed by atoms with Gasteiger partial charge in [-0.25, -0.2) is 0 Å². The summed E-state index contributed by atoms with van der Waals surface area (Å²) in [7, 11) is 0. The van der Waals surface area contributed by atoms with Gasteiger partial charge in [0.15, 0.2) is 0 Å². The monoisotopic (exact) mass is 192 g/mol. The fraction of sp³-hybridized carbons (Fsp3) is 0.889. The molecule has 0 unspecified atom stereocenters. The molecule has 3 heteroatoms. The molecule has 0 amide bonds. The number of rotatable bonds is 7. The summed E-state index contributed by atoms with van der Waals surface area (Å²) in [4.78, 5) is 10.5. The van der Waals surface area contributed by atoms with E-state index < -0.39 is 0 Å². The van der Waals surface area contributed by atoms with Gasteiger partial charge in [0.25, 0.3) is 0 Å². The van der Waals surface area contributed by atoms with Gasteiger partial charge in [0.2, 0.25) is 0 Å². The van der Waals surface area contributed by atoms with Crippen molar-refractivity contribution in [2.45, 2.75) is 39.0 Å². The second kappa shape index (κ2) is 8.85. The van der Waals surface area contributed by atoms with Crippen molar-refractivity contribution in [1.29, 1.82) is 0 Å². The molecule has 0 spiro atoms. The van der Waals surface area contributed by atoms with Gasteiger partial charge < -0.3 is 4.74 Å². The van der Waals surface area contributed by atoms with Gasteiger partial charge in [0, 0.05) is 0 Å². The number of hydrogen-bond donors (Lipinski definition) is 0. The Labute approximate surface area is 79.2 Å². The third-order valence-corrected chi connectivity index (χ3v) is 1.84. The first kappa shape index (κ1) is 11.8. The lowest BCUT2D eigenvalue weighted by Gasteiger charge is -2.01. The second-order valence-electron chi connectivity index (χ2n) is 2.77. The smallest absolute Gasteiger partial charge is 0.320 e. The van der Waals surface area contributed by atoms with E-state index in [1.54, 1.807) is 0 Å². The average molecular weight is 193 g/mol. The van der Waals surface area contributed by atoms with Crippen LogP contribution in [0.15, 0.2) is 0 Å². The van der Waals surface area contributed by atoms with E-state index in [9.17, 15) is 4.79 Å². The minimum atomic E-state index is -0.313. The zero-order valence-corrected chi connectivity index (χ0v) is 8.40. The van der Waals surface area contributed by atoms with Crippen LogP contribution in [0.1, 0.15) is 39.0 Å². The fourth-order valence-corrected chi connectivity index (χ4v) is 1.01. The minimum Gasteiger partial charge on any atom is -0.465 e. The maximum Gasteiger partial charge on any atom is 0.320 e. The molecule has 0 saturated carbocycles. The van der Waals surface area contributed by atoms with Crippen molar-refractivity contribution in [3.8, 4) is 0 Å². The standard InChI is InChI=1S/C9H17ClO2/c1-2-3-4-5-6-7-12-9(11)8-10/h2-8H2,1H3. The van der Waals surface area contributed by atoms with Crippen LogP contribution in [0.3, 0.4) is 0 Å². The summed E-state index contributed by atoms with van der Waals surface area (Å²) >= 11 is 5.24. The highest BCUT2D eigenvalue weighted by Crippen LogP contribution is 2.02. The molecule has 0 saturated heterocycles. The molecule has 0 rings (SSSR count). The SMILES string of the molecule is CCCCCCCOC(=O)CCl. The quantitative estimate of drug-likeness (QED) is 0.352. The van der Waals surface area contributed by atoms with Gasteiger partial charge in [-0.1, -0.05) is 32.6 Å². The molecule has 2 nitrogen and oxygen atoms in total. The first-order valence-corrected chi connectivity index (χ1v) is 5.06. The molecule has 0 aromatic rings. The van der Waals surface area contributed by atoms with Crippen LogP contribution in [0.2, 0.25) is 0 Å². The van der Waals surface area contributed by atoms with Crippen molar-refractivity contribution < 1.29 is 9.53 Å². The van der Waals surface area contributed by atoms with E-state index in [-0.39, 0.29) is 11.8 Å². The summed E-state index contributed by atoms with van der Waals surface area (Å²) in [5, 5.41) is 0. The molecule has 12 heavy (non-hydrogen) atoms. The van der Waals surface area contributed by atoms with Crippen molar-refractivity contribution >= 4 is 17.6 Å². The summed E-state index contributed by atoms with van der Waals surface area (Å²) in [6.45, 7) is 2.70. The zero-order chi connectivity index (χ0) is 9.23. The van der Waals surface area contributed by atoms with E-state index in [2.05, 4.69) is 6.92 Å². The van der Waals surface area contributed by atoms with E-state index in [4.69, 9.17) is 16.3 Å². The van der Waals surface area contributed by atoms with Crippen LogP contribution in [-0.4, -0.2) is 18.5 Å². The Morgan fingerprint density at radius 1 is 1.25 bits per heavy atom. The van der Waals surface area contributed by atoms with Crippen LogP contribution in [0, 0.1) is 0 Å². The van der Waals surface area contributed by atoms with Crippen molar-refractivity contribution in [2.75, 3.05) is 12.5 Å². The van der Waals surface area contributed by atoms with Crippen molar-refractivity contribution in [3.63, 3.8) is 0 Å². The lowest BCUT2D eigenvalue weighted by molar-refractivity contribution is -0.140. The molecule has 0 aliphatic heterocycles. The molecular weight excluding hydrogens is 176 g/mol. The molecule has 0 N–H and O–H groups in total. The lowest BCUT2D eigenvalue weighted by atomic mass is 10.2. The molecular formula is C9H17ClO2. The summed E-state index contributed by atoms with van der Waals surface area (Å²) in [5.74, 6) is -0.346. The predicted molar refractivity (Wildman–Crippen MR) is 50.4 cm³/mol. The highest BCUT2D eigenvalue weighted by molar-refractivity contribution is 6.26. The molecule has 0 radical (unpaired) electrons. The Morgan fingerprint density at radius 3 is 2.50 bits per heavy atom. The number of halogens is 1. The first-order chi connectivity index (χ1) is 5.81. The molecule has 0 aliphatic rings. The number of ether oxygens (including phenoxy) is 1. The number of carbonyl (C=O) groups excluding carboxylic acids is 1. The van der Waals surface area contributed by atoms with E-state index in [0.29, 0.717) is 6.61 Å². The molecule has 0 heterocycles. The van der Waals surface area contributed by atoms with Gasteiger partial charge in [-0.15, -0.1) is 11.6 Å². The van der Waals surface area contributed by atoms with Crippen LogP contribution >= 0.6 is 11.6 Å². The Balaban J connectivity index is 2.95. The topological polar surface area (TPSA) is 26.3 Å². The molecule has 0 aliphatic carbocycles. The van der Waals surface area contributed by atoms with Crippen molar-refractivity contribution in [1.82, 2.24) is 0 Å². The van der Waals surface area contributed by atoms with Crippen LogP contribution in [0.5, 0.6) is 0 Å². The Hall–Kier alpha value is -0.240. The van der Waals surface area contributed by atoms with Crippen LogP contribution in [-0.2, 0) is 9.53 Å². The summed E-state index contributed by atoms with van der Waals surface area (Å²) in [6, 6.07) is 0. The third kappa shape index (κ3) is 7.86. The number of alkyl halides is 1. The van der Waals surface area contributed by atoms with E-state index in [0.717, 1.165) is 12.8 Å². The summed E-state index contributed by atoms with van der Waals surface area (Å²) in [6.07, 6.45) is 5.84. The highest BCUT2D eigenvalue weighted by Gasteiger charge is 1.97. The Bertz CT molecular complexity index is 115. The number of hydrogen-bond acceptors (Lipinski definition) is 2. The number of carbonyl (C=O) groups is 1. The van der Waals surface area contributed by atoms with Crippen LogP contribution in [0.4, 0.5) is 0 Å². The molecule has 0 fully saturated rings. The fourth-order valence-electron chi connectivity index (χ4n) is 0.930. The van der Waals surface area contributed by atoms with Crippen molar-refractivity contribution in [3.05, 3.63) is 0 Å². The van der Waals surface area contributed by atoms with E-state index >= 15 is 0 Å². The molecule has 0 atom stereocenters.